The zero-order valence-electron chi connectivity index (χ0n) is 7.62. The summed E-state index contributed by atoms with van der Waals surface area (Å²) in [5, 5.41) is 7.21. The van der Waals surface area contributed by atoms with Crippen LogP contribution in [0.1, 0.15) is 19.3 Å². The molecule has 1 amide bonds. The van der Waals surface area contributed by atoms with Gasteiger partial charge in [0.25, 0.3) is 0 Å². The minimum Gasteiger partial charge on any atom is -0.370 e. The molecule has 1 rings (SSSR count). The fraction of sp³-hybridized carbons (Fsp3) is 0.750. The van der Waals surface area contributed by atoms with Gasteiger partial charge in [-0.2, -0.15) is 0 Å². The number of nitrogens with two attached hydrogens (primary N) is 2. The van der Waals surface area contributed by atoms with Gasteiger partial charge in [0.1, 0.15) is 0 Å². The highest BCUT2D eigenvalue weighted by Gasteiger charge is 2.20. The second-order valence-corrected chi connectivity index (χ2v) is 3.49. The van der Waals surface area contributed by atoms with Crippen LogP contribution in [0.2, 0.25) is 0 Å². The van der Waals surface area contributed by atoms with Crippen molar-refractivity contribution in [3.8, 4) is 0 Å². The Balaban J connectivity index is 2.30. The fourth-order valence-corrected chi connectivity index (χ4v) is 1.66. The summed E-state index contributed by atoms with van der Waals surface area (Å²) < 4.78 is 0. The monoisotopic (exact) mass is 184 g/mol. The van der Waals surface area contributed by atoms with Crippen LogP contribution in [-0.4, -0.2) is 29.9 Å². The van der Waals surface area contributed by atoms with E-state index in [0.717, 1.165) is 25.9 Å². The highest BCUT2D eigenvalue weighted by Crippen LogP contribution is 2.19. The normalized spacial score (nSPS) is 18.6. The van der Waals surface area contributed by atoms with Crippen LogP contribution >= 0.6 is 0 Å². The molecule has 0 aromatic heterocycles. The number of carbonyl (C=O) groups excluding carboxylic acids is 1. The molecule has 0 aliphatic carbocycles. The maximum Gasteiger partial charge on any atom is 0.217 e. The van der Waals surface area contributed by atoms with Gasteiger partial charge in [-0.1, -0.05) is 0 Å². The number of nitrogens with zero attached hydrogens (tertiary/aromatic N) is 1. The summed E-state index contributed by atoms with van der Waals surface area (Å²) in [5.74, 6) is 0.270. The Morgan fingerprint density at radius 3 is 2.31 bits per heavy atom. The van der Waals surface area contributed by atoms with E-state index in [2.05, 4.69) is 0 Å². The van der Waals surface area contributed by atoms with E-state index in [-0.39, 0.29) is 11.9 Å². The van der Waals surface area contributed by atoms with Crippen molar-refractivity contribution in [2.24, 2.45) is 17.4 Å². The Kier molecular flexibility index (Phi) is 3.11. The van der Waals surface area contributed by atoms with Crippen molar-refractivity contribution in [3.05, 3.63) is 0 Å². The fourth-order valence-electron chi connectivity index (χ4n) is 1.66. The third kappa shape index (κ3) is 2.93. The van der Waals surface area contributed by atoms with E-state index in [1.165, 1.54) is 0 Å². The van der Waals surface area contributed by atoms with E-state index >= 15 is 0 Å². The van der Waals surface area contributed by atoms with Crippen molar-refractivity contribution in [3.63, 3.8) is 0 Å². The molecule has 0 unspecified atom stereocenters. The molecule has 5 N–H and O–H groups in total. The van der Waals surface area contributed by atoms with Crippen LogP contribution in [0, 0.1) is 11.3 Å². The zero-order chi connectivity index (χ0) is 9.84. The molecule has 0 spiro atoms. The quantitative estimate of drug-likeness (QED) is 0.397. The highest BCUT2D eigenvalue weighted by atomic mass is 16.1. The van der Waals surface area contributed by atoms with Gasteiger partial charge in [0, 0.05) is 19.5 Å². The number of hydrogen-bond acceptors (Lipinski definition) is 2. The molecule has 74 valence electrons. The highest BCUT2D eigenvalue weighted by molar-refractivity contribution is 5.75. The predicted molar refractivity (Wildman–Crippen MR) is 50.0 cm³/mol. The number of piperidine rings is 1. The molecule has 13 heavy (non-hydrogen) atoms. The molecule has 0 aromatic carbocycles. The summed E-state index contributed by atoms with van der Waals surface area (Å²) >= 11 is 0. The second kappa shape index (κ2) is 4.11. The number of amides is 1. The van der Waals surface area contributed by atoms with Crippen LogP contribution in [0.5, 0.6) is 0 Å². The van der Waals surface area contributed by atoms with E-state index < -0.39 is 0 Å². The van der Waals surface area contributed by atoms with E-state index in [9.17, 15) is 4.79 Å². The smallest absolute Gasteiger partial charge is 0.217 e. The first kappa shape index (κ1) is 9.83. The number of primary amides is 1. The number of rotatable bonds is 2. The van der Waals surface area contributed by atoms with Gasteiger partial charge in [-0.3, -0.25) is 10.2 Å². The lowest BCUT2D eigenvalue weighted by Gasteiger charge is -2.31. The van der Waals surface area contributed by atoms with Crippen LogP contribution in [0.15, 0.2) is 0 Å². The van der Waals surface area contributed by atoms with E-state index in [1.807, 2.05) is 4.90 Å². The summed E-state index contributed by atoms with van der Waals surface area (Å²) in [4.78, 5) is 12.4. The molecule has 1 heterocycles. The van der Waals surface area contributed by atoms with Crippen molar-refractivity contribution in [2.45, 2.75) is 19.3 Å². The molecule has 0 aromatic rings. The number of hydrogen-bond donors (Lipinski definition) is 3. The number of likely N-dealkylation sites (tertiary alicyclic amines) is 1. The molecule has 0 saturated carbocycles. The Hall–Kier alpha value is -1.26. The summed E-state index contributed by atoms with van der Waals surface area (Å²) in [6.07, 6.45) is 2.27. The lowest BCUT2D eigenvalue weighted by Crippen LogP contribution is -2.42. The Bertz CT molecular complexity index is 208. The van der Waals surface area contributed by atoms with Crippen molar-refractivity contribution in [2.75, 3.05) is 13.1 Å². The number of guanidine groups is 1. The Morgan fingerprint density at radius 2 is 1.92 bits per heavy atom. The van der Waals surface area contributed by atoms with Crippen LogP contribution in [0.4, 0.5) is 0 Å². The second-order valence-electron chi connectivity index (χ2n) is 3.49. The molecule has 1 aliphatic heterocycles. The van der Waals surface area contributed by atoms with Gasteiger partial charge >= 0.3 is 0 Å². The van der Waals surface area contributed by atoms with E-state index in [1.54, 1.807) is 0 Å². The first-order chi connectivity index (χ1) is 6.09. The molecule has 0 atom stereocenters. The summed E-state index contributed by atoms with van der Waals surface area (Å²) in [6.45, 7) is 1.54. The predicted octanol–water partition coefficient (Wildman–Crippen LogP) is -0.533. The average Bonchev–Trinajstić information content (AvgIpc) is 2.04. The van der Waals surface area contributed by atoms with Crippen LogP contribution in [0.3, 0.4) is 0 Å². The first-order valence-electron chi connectivity index (χ1n) is 4.47. The van der Waals surface area contributed by atoms with Gasteiger partial charge in [-0.05, 0) is 18.8 Å². The van der Waals surface area contributed by atoms with Crippen molar-refractivity contribution in [1.29, 1.82) is 5.41 Å². The lowest BCUT2D eigenvalue weighted by atomic mass is 9.93. The standard InChI is InChI=1S/C8H16N4O/c9-7(13)5-6-1-3-12(4-2-6)8(10)11/h6H,1-5H2,(H2,9,13)(H3,10,11). The average molecular weight is 184 g/mol. The minimum absolute atomic E-state index is 0.123. The molecule has 1 aliphatic rings. The molecular formula is C8H16N4O. The number of carbonyl (C=O) groups is 1. The van der Waals surface area contributed by atoms with Gasteiger partial charge in [0.2, 0.25) is 5.91 Å². The summed E-state index contributed by atoms with van der Waals surface area (Å²) in [7, 11) is 0. The Labute approximate surface area is 77.6 Å². The molecule has 1 fully saturated rings. The van der Waals surface area contributed by atoms with Crippen molar-refractivity contribution >= 4 is 11.9 Å². The first-order valence-corrected chi connectivity index (χ1v) is 4.47. The van der Waals surface area contributed by atoms with Crippen molar-refractivity contribution in [1.82, 2.24) is 4.90 Å². The van der Waals surface area contributed by atoms with Crippen LogP contribution in [0.25, 0.3) is 0 Å². The lowest BCUT2D eigenvalue weighted by molar-refractivity contribution is -0.119. The zero-order valence-corrected chi connectivity index (χ0v) is 7.62. The van der Waals surface area contributed by atoms with Crippen molar-refractivity contribution < 1.29 is 4.79 Å². The summed E-state index contributed by atoms with van der Waals surface area (Å²) in [5.41, 5.74) is 10.4. The molecule has 5 heteroatoms. The van der Waals surface area contributed by atoms with Gasteiger partial charge in [0.15, 0.2) is 5.96 Å². The van der Waals surface area contributed by atoms with Gasteiger partial charge in [-0.15, -0.1) is 0 Å². The van der Waals surface area contributed by atoms with Gasteiger partial charge in [-0.25, -0.2) is 0 Å². The molecule has 0 radical (unpaired) electrons. The van der Waals surface area contributed by atoms with Gasteiger partial charge in [0.05, 0.1) is 0 Å². The molecule has 0 bridgehead atoms. The van der Waals surface area contributed by atoms with Crippen LogP contribution < -0.4 is 11.5 Å². The topological polar surface area (TPSA) is 96.2 Å². The minimum atomic E-state index is -0.235. The maximum absolute atomic E-state index is 10.6. The maximum atomic E-state index is 10.6. The molecule has 1 saturated heterocycles. The third-order valence-electron chi connectivity index (χ3n) is 2.45. The summed E-state index contributed by atoms with van der Waals surface area (Å²) in [6, 6.07) is 0. The van der Waals surface area contributed by atoms with E-state index in [0.29, 0.717) is 12.3 Å². The molecule has 5 nitrogen and oxygen atoms in total. The largest absolute Gasteiger partial charge is 0.370 e. The SMILES string of the molecule is N=C(N)N1CCC(CC(N)=O)CC1. The number of nitrogens with one attached hydrogen (secondary N) is 1. The Morgan fingerprint density at radius 1 is 1.38 bits per heavy atom. The molecular weight excluding hydrogens is 168 g/mol. The van der Waals surface area contributed by atoms with E-state index in [4.69, 9.17) is 16.9 Å². The third-order valence-corrected chi connectivity index (χ3v) is 2.45. The van der Waals surface area contributed by atoms with Crippen LogP contribution in [-0.2, 0) is 4.79 Å². The van der Waals surface area contributed by atoms with Gasteiger partial charge < -0.3 is 16.4 Å².